The van der Waals surface area contributed by atoms with Gasteiger partial charge in [-0.05, 0) is 17.7 Å². The standard InChI is InChI=1S/C8H7ClN2S2/c9-7-3-1-6(2-4-7)5-10-11-8(12)13/h1-5H,(H2,11,12,13)/b10-5-. The van der Waals surface area contributed by atoms with Gasteiger partial charge >= 0.3 is 0 Å². The molecule has 1 aromatic carbocycles. The fraction of sp³-hybridized carbons (Fsp3) is 0. The summed E-state index contributed by atoms with van der Waals surface area (Å²) in [6.07, 6.45) is 1.64. The Labute approximate surface area is 92.4 Å². The Hall–Kier alpha value is -0.580. The van der Waals surface area contributed by atoms with Crippen LogP contribution in [0.2, 0.25) is 5.02 Å². The molecule has 0 amide bonds. The third-order valence-corrected chi connectivity index (χ3v) is 1.69. The van der Waals surface area contributed by atoms with E-state index in [-0.39, 0.29) is 0 Å². The highest BCUT2D eigenvalue weighted by Gasteiger charge is 1.87. The average Bonchev–Trinajstić information content (AvgIpc) is 2.08. The lowest BCUT2D eigenvalue weighted by atomic mass is 10.2. The molecule has 0 saturated heterocycles. The van der Waals surface area contributed by atoms with Gasteiger partial charge in [-0.1, -0.05) is 36.0 Å². The average molecular weight is 231 g/mol. The number of halogens is 1. The first-order valence-corrected chi connectivity index (χ1v) is 4.69. The van der Waals surface area contributed by atoms with Gasteiger partial charge in [0.2, 0.25) is 0 Å². The molecule has 0 heterocycles. The minimum Gasteiger partial charge on any atom is -0.263 e. The minimum absolute atomic E-state index is 0.338. The summed E-state index contributed by atoms with van der Waals surface area (Å²) in [6, 6.07) is 7.30. The van der Waals surface area contributed by atoms with E-state index in [1.807, 2.05) is 12.1 Å². The maximum Gasteiger partial charge on any atom is 0.150 e. The Morgan fingerprint density at radius 3 is 2.62 bits per heavy atom. The van der Waals surface area contributed by atoms with Crippen molar-refractivity contribution >= 4 is 47.0 Å². The normalized spacial score (nSPS) is 10.3. The second-order valence-electron chi connectivity index (χ2n) is 2.23. The Morgan fingerprint density at radius 2 is 2.08 bits per heavy atom. The Morgan fingerprint density at radius 1 is 1.46 bits per heavy atom. The first-order chi connectivity index (χ1) is 6.18. The van der Waals surface area contributed by atoms with Crippen LogP contribution in [0.3, 0.4) is 0 Å². The maximum absolute atomic E-state index is 5.70. The predicted octanol–water partition coefficient (Wildman–Crippen LogP) is 2.48. The van der Waals surface area contributed by atoms with Crippen molar-refractivity contribution in [1.82, 2.24) is 5.43 Å². The van der Waals surface area contributed by atoms with Crippen molar-refractivity contribution in [2.75, 3.05) is 0 Å². The fourth-order valence-electron chi connectivity index (χ4n) is 0.711. The number of thiocarbonyl (C=S) groups is 1. The zero-order chi connectivity index (χ0) is 9.68. The van der Waals surface area contributed by atoms with Crippen molar-refractivity contribution in [3.8, 4) is 0 Å². The van der Waals surface area contributed by atoms with Crippen LogP contribution in [0.4, 0.5) is 0 Å². The highest BCUT2D eigenvalue weighted by Crippen LogP contribution is 2.07. The second-order valence-corrected chi connectivity index (χ2v) is 3.82. The van der Waals surface area contributed by atoms with Gasteiger partial charge < -0.3 is 0 Å². The summed E-state index contributed by atoms with van der Waals surface area (Å²) < 4.78 is 0.338. The van der Waals surface area contributed by atoms with E-state index in [2.05, 4.69) is 35.4 Å². The van der Waals surface area contributed by atoms with E-state index in [0.717, 1.165) is 5.56 Å². The molecule has 0 saturated carbocycles. The molecule has 68 valence electrons. The molecule has 0 spiro atoms. The molecule has 5 heteroatoms. The first-order valence-electron chi connectivity index (χ1n) is 3.46. The molecule has 0 aliphatic heterocycles. The summed E-state index contributed by atoms with van der Waals surface area (Å²) >= 11 is 14.2. The lowest BCUT2D eigenvalue weighted by Gasteiger charge is -1.94. The van der Waals surface area contributed by atoms with E-state index < -0.39 is 0 Å². The van der Waals surface area contributed by atoms with E-state index in [1.165, 1.54) is 0 Å². The van der Waals surface area contributed by atoms with Gasteiger partial charge in [-0.25, -0.2) is 0 Å². The molecule has 0 aromatic heterocycles. The summed E-state index contributed by atoms with van der Waals surface area (Å²) in [5, 5.41) is 4.54. The van der Waals surface area contributed by atoms with Gasteiger partial charge in [0.05, 0.1) is 6.21 Å². The first kappa shape index (κ1) is 10.5. The van der Waals surface area contributed by atoms with Crippen LogP contribution in [-0.4, -0.2) is 10.5 Å². The molecule has 1 aromatic rings. The molecule has 0 fully saturated rings. The lowest BCUT2D eigenvalue weighted by molar-refractivity contribution is 1.07. The number of benzene rings is 1. The fourth-order valence-corrected chi connectivity index (χ4v) is 0.947. The third kappa shape index (κ3) is 4.26. The summed E-state index contributed by atoms with van der Waals surface area (Å²) in [6.45, 7) is 0. The molecule has 0 atom stereocenters. The van der Waals surface area contributed by atoms with Gasteiger partial charge in [0.1, 0.15) is 0 Å². The van der Waals surface area contributed by atoms with Crippen LogP contribution in [0.1, 0.15) is 5.56 Å². The number of nitrogens with one attached hydrogen (secondary N) is 1. The molecule has 1 N–H and O–H groups in total. The van der Waals surface area contributed by atoms with Crippen molar-refractivity contribution in [3.05, 3.63) is 34.9 Å². The van der Waals surface area contributed by atoms with Crippen LogP contribution in [0.15, 0.2) is 29.4 Å². The lowest BCUT2D eigenvalue weighted by Crippen LogP contribution is -2.07. The number of thiol groups is 1. The largest absolute Gasteiger partial charge is 0.263 e. The molecule has 0 radical (unpaired) electrons. The molecule has 1 rings (SSSR count). The summed E-state index contributed by atoms with van der Waals surface area (Å²) in [5.74, 6) is 0. The van der Waals surface area contributed by atoms with Crippen LogP contribution in [0.25, 0.3) is 0 Å². The molecule has 13 heavy (non-hydrogen) atoms. The van der Waals surface area contributed by atoms with Crippen LogP contribution in [0.5, 0.6) is 0 Å². The van der Waals surface area contributed by atoms with Crippen LogP contribution in [-0.2, 0) is 0 Å². The topological polar surface area (TPSA) is 24.4 Å². The van der Waals surface area contributed by atoms with E-state index in [4.69, 9.17) is 11.6 Å². The zero-order valence-corrected chi connectivity index (χ0v) is 9.03. The van der Waals surface area contributed by atoms with E-state index in [1.54, 1.807) is 18.3 Å². The maximum atomic E-state index is 5.70. The number of hydrogen-bond donors (Lipinski definition) is 2. The predicted molar refractivity (Wildman–Crippen MR) is 63.8 cm³/mol. The van der Waals surface area contributed by atoms with Crippen LogP contribution < -0.4 is 5.43 Å². The Kier molecular flexibility index (Phi) is 4.21. The number of rotatable bonds is 2. The van der Waals surface area contributed by atoms with E-state index >= 15 is 0 Å². The molecular formula is C8H7ClN2S2. The third-order valence-electron chi connectivity index (χ3n) is 1.24. The highest BCUT2D eigenvalue weighted by atomic mass is 35.5. The van der Waals surface area contributed by atoms with Crippen molar-refractivity contribution in [2.24, 2.45) is 5.10 Å². The second kappa shape index (κ2) is 5.21. The quantitative estimate of drug-likeness (QED) is 0.353. The van der Waals surface area contributed by atoms with Crippen molar-refractivity contribution in [2.45, 2.75) is 0 Å². The van der Waals surface area contributed by atoms with Crippen molar-refractivity contribution < 1.29 is 0 Å². The number of hydrazone groups is 1. The summed E-state index contributed by atoms with van der Waals surface area (Å²) in [7, 11) is 0. The molecule has 0 bridgehead atoms. The van der Waals surface area contributed by atoms with E-state index in [9.17, 15) is 0 Å². The minimum atomic E-state index is 0.338. The SMILES string of the molecule is S=C(S)N/N=C\c1ccc(Cl)cc1. The Balaban J connectivity index is 2.59. The molecule has 0 unspecified atom stereocenters. The monoisotopic (exact) mass is 230 g/mol. The molecular weight excluding hydrogens is 224 g/mol. The van der Waals surface area contributed by atoms with Crippen LogP contribution in [0, 0.1) is 0 Å². The van der Waals surface area contributed by atoms with E-state index in [0.29, 0.717) is 9.34 Å². The van der Waals surface area contributed by atoms with Gasteiger partial charge in [0, 0.05) is 5.02 Å². The number of hydrogen-bond acceptors (Lipinski definition) is 2. The zero-order valence-electron chi connectivity index (χ0n) is 6.57. The van der Waals surface area contributed by atoms with Gasteiger partial charge in [-0.3, -0.25) is 5.43 Å². The van der Waals surface area contributed by atoms with Gasteiger partial charge in [-0.2, -0.15) is 5.10 Å². The smallest absolute Gasteiger partial charge is 0.150 e. The molecule has 0 aliphatic carbocycles. The van der Waals surface area contributed by atoms with Crippen LogP contribution >= 0.6 is 36.4 Å². The van der Waals surface area contributed by atoms with Crippen molar-refractivity contribution in [3.63, 3.8) is 0 Å². The summed E-state index contributed by atoms with van der Waals surface area (Å²) in [5.41, 5.74) is 3.49. The van der Waals surface area contributed by atoms with Gasteiger partial charge in [0.15, 0.2) is 4.32 Å². The highest BCUT2D eigenvalue weighted by molar-refractivity contribution is 8.11. The van der Waals surface area contributed by atoms with Gasteiger partial charge in [-0.15, -0.1) is 12.6 Å². The number of nitrogens with zero attached hydrogens (tertiary/aromatic N) is 1. The van der Waals surface area contributed by atoms with Crippen molar-refractivity contribution in [1.29, 1.82) is 0 Å². The Bertz CT molecular complexity index is 321. The van der Waals surface area contributed by atoms with Gasteiger partial charge in [0.25, 0.3) is 0 Å². The summed E-state index contributed by atoms with van der Waals surface area (Å²) in [4.78, 5) is 0. The molecule has 0 aliphatic rings. The molecule has 2 nitrogen and oxygen atoms in total.